The number of hydrogen-bond acceptors (Lipinski definition) is 6. The predicted molar refractivity (Wildman–Crippen MR) is 68.9 cm³/mol. The highest BCUT2D eigenvalue weighted by atomic mass is 16.5. The molecule has 104 valence electrons. The molecule has 1 atom stereocenters. The molecule has 0 spiro atoms. The SMILES string of the molecule is O=C(CC/C=N/O)c1ccc(OCC(O)CO)cc1. The Balaban J connectivity index is 2.48. The topological polar surface area (TPSA) is 99.4 Å². The highest BCUT2D eigenvalue weighted by Gasteiger charge is 2.06. The lowest BCUT2D eigenvalue weighted by Crippen LogP contribution is -2.21. The third-order valence-electron chi connectivity index (χ3n) is 2.41. The van der Waals surface area contributed by atoms with Crippen LogP contribution < -0.4 is 4.74 Å². The highest BCUT2D eigenvalue weighted by molar-refractivity contribution is 5.97. The van der Waals surface area contributed by atoms with E-state index >= 15 is 0 Å². The van der Waals surface area contributed by atoms with Gasteiger partial charge in [0.15, 0.2) is 5.78 Å². The van der Waals surface area contributed by atoms with Crippen molar-refractivity contribution in [3.05, 3.63) is 29.8 Å². The summed E-state index contributed by atoms with van der Waals surface area (Å²) in [4.78, 5) is 11.7. The summed E-state index contributed by atoms with van der Waals surface area (Å²) in [6.45, 7) is -0.361. The van der Waals surface area contributed by atoms with Gasteiger partial charge < -0.3 is 20.2 Å². The van der Waals surface area contributed by atoms with Crippen molar-refractivity contribution in [2.24, 2.45) is 5.16 Å². The first-order valence-electron chi connectivity index (χ1n) is 5.88. The molecular weight excluding hydrogens is 250 g/mol. The lowest BCUT2D eigenvalue weighted by atomic mass is 10.1. The van der Waals surface area contributed by atoms with E-state index in [1.165, 1.54) is 6.21 Å². The van der Waals surface area contributed by atoms with E-state index in [2.05, 4.69) is 5.16 Å². The minimum absolute atomic E-state index is 0.00322. The van der Waals surface area contributed by atoms with Crippen LogP contribution in [0.4, 0.5) is 0 Å². The number of ether oxygens (including phenoxy) is 1. The minimum Gasteiger partial charge on any atom is -0.491 e. The normalized spacial score (nSPS) is 12.5. The molecule has 19 heavy (non-hydrogen) atoms. The van der Waals surface area contributed by atoms with Gasteiger partial charge in [-0.05, 0) is 30.7 Å². The van der Waals surface area contributed by atoms with Crippen molar-refractivity contribution >= 4 is 12.0 Å². The molecule has 0 aliphatic carbocycles. The molecule has 0 heterocycles. The molecule has 0 saturated heterocycles. The monoisotopic (exact) mass is 267 g/mol. The molecule has 0 bridgehead atoms. The van der Waals surface area contributed by atoms with Gasteiger partial charge in [-0.15, -0.1) is 5.16 Å². The van der Waals surface area contributed by atoms with Gasteiger partial charge in [0.2, 0.25) is 0 Å². The van der Waals surface area contributed by atoms with Gasteiger partial charge in [0, 0.05) is 18.2 Å². The van der Waals surface area contributed by atoms with Crippen molar-refractivity contribution in [2.75, 3.05) is 13.2 Å². The molecule has 0 aromatic heterocycles. The van der Waals surface area contributed by atoms with Crippen LogP contribution in [-0.2, 0) is 0 Å². The number of carbonyl (C=O) groups excluding carboxylic acids is 1. The molecule has 0 radical (unpaired) electrons. The van der Waals surface area contributed by atoms with Crippen molar-refractivity contribution in [3.63, 3.8) is 0 Å². The van der Waals surface area contributed by atoms with Crippen molar-refractivity contribution in [3.8, 4) is 5.75 Å². The standard InChI is InChI=1S/C13H17NO5/c15-8-11(16)9-19-12-5-3-10(4-6-12)13(17)2-1-7-14-18/h3-7,11,15-16,18H,1-2,8-9H2/b14-7+. The van der Waals surface area contributed by atoms with Crippen LogP contribution in [0, 0.1) is 0 Å². The summed E-state index contributed by atoms with van der Waals surface area (Å²) in [6.07, 6.45) is 1.01. The molecule has 6 heteroatoms. The zero-order valence-electron chi connectivity index (χ0n) is 10.4. The quantitative estimate of drug-likeness (QED) is 0.280. The number of aliphatic hydroxyl groups excluding tert-OH is 2. The molecule has 1 aromatic carbocycles. The Labute approximate surface area is 110 Å². The third-order valence-corrected chi connectivity index (χ3v) is 2.41. The Morgan fingerprint density at radius 2 is 2.05 bits per heavy atom. The van der Waals surface area contributed by atoms with Crippen LogP contribution in [0.25, 0.3) is 0 Å². The van der Waals surface area contributed by atoms with Crippen LogP contribution >= 0.6 is 0 Å². The first-order valence-corrected chi connectivity index (χ1v) is 5.88. The van der Waals surface area contributed by atoms with Crippen molar-refractivity contribution in [1.82, 2.24) is 0 Å². The number of rotatable bonds is 8. The molecule has 0 amide bonds. The van der Waals surface area contributed by atoms with Gasteiger partial charge in [0.05, 0.1) is 6.61 Å². The number of nitrogens with zero attached hydrogens (tertiary/aromatic N) is 1. The Hall–Kier alpha value is -1.92. The zero-order valence-corrected chi connectivity index (χ0v) is 10.4. The van der Waals surface area contributed by atoms with E-state index in [4.69, 9.17) is 20.2 Å². The molecular formula is C13H17NO5. The van der Waals surface area contributed by atoms with Crippen LogP contribution in [-0.4, -0.2) is 46.7 Å². The number of carbonyl (C=O) groups is 1. The largest absolute Gasteiger partial charge is 0.491 e. The van der Waals surface area contributed by atoms with Gasteiger partial charge in [0.1, 0.15) is 18.5 Å². The maximum atomic E-state index is 11.7. The average Bonchev–Trinajstić information content (AvgIpc) is 2.45. The molecule has 6 nitrogen and oxygen atoms in total. The maximum Gasteiger partial charge on any atom is 0.163 e. The van der Waals surface area contributed by atoms with E-state index < -0.39 is 6.10 Å². The predicted octanol–water partition coefficient (Wildman–Crippen LogP) is 0.841. The Morgan fingerprint density at radius 1 is 1.37 bits per heavy atom. The summed E-state index contributed by atoms with van der Waals surface area (Å²) in [6, 6.07) is 6.49. The molecule has 0 fully saturated rings. The van der Waals surface area contributed by atoms with Gasteiger partial charge in [-0.1, -0.05) is 0 Å². The van der Waals surface area contributed by atoms with Crippen molar-refractivity contribution in [1.29, 1.82) is 0 Å². The smallest absolute Gasteiger partial charge is 0.163 e. The summed E-state index contributed by atoms with van der Waals surface area (Å²) in [7, 11) is 0. The van der Waals surface area contributed by atoms with Gasteiger partial charge >= 0.3 is 0 Å². The molecule has 0 saturated carbocycles. The minimum atomic E-state index is -0.918. The van der Waals surface area contributed by atoms with Crippen molar-refractivity contribution < 1.29 is 25.0 Å². The number of Topliss-reactive ketones (excluding diaryl/α,β-unsaturated/α-hetero) is 1. The van der Waals surface area contributed by atoms with E-state index in [0.29, 0.717) is 17.7 Å². The van der Waals surface area contributed by atoms with Gasteiger partial charge in [-0.25, -0.2) is 0 Å². The van der Waals surface area contributed by atoms with Crippen LogP contribution in [0.3, 0.4) is 0 Å². The lowest BCUT2D eigenvalue weighted by molar-refractivity contribution is 0.0536. The molecule has 1 unspecified atom stereocenters. The van der Waals surface area contributed by atoms with Crippen molar-refractivity contribution in [2.45, 2.75) is 18.9 Å². The Morgan fingerprint density at radius 3 is 2.63 bits per heavy atom. The summed E-state index contributed by atoms with van der Waals surface area (Å²) < 4.78 is 5.22. The lowest BCUT2D eigenvalue weighted by Gasteiger charge is -2.10. The number of aliphatic hydroxyl groups is 2. The number of oxime groups is 1. The Bertz CT molecular complexity index is 416. The summed E-state index contributed by atoms with van der Waals surface area (Å²) in [5, 5.41) is 28.8. The summed E-state index contributed by atoms with van der Waals surface area (Å²) >= 11 is 0. The number of hydrogen-bond donors (Lipinski definition) is 3. The second-order valence-electron chi connectivity index (χ2n) is 3.93. The van der Waals surface area contributed by atoms with Crippen LogP contribution in [0.15, 0.2) is 29.4 Å². The number of benzene rings is 1. The summed E-state index contributed by atoms with van der Waals surface area (Å²) in [5.74, 6) is 0.461. The first-order chi connectivity index (χ1) is 9.17. The summed E-state index contributed by atoms with van der Waals surface area (Å²) in [5.41, 5.74) is 0.543. The van der Waals surface area contributed by atoms with Crippen LogP contribution in [0.1, 0.15) is 23.2 Å². The average molecular weight is 267 g/mol. The fraction of sp³-hybridized carbons (Fsp3) is 0.385. The van der Waals surface area contributed by atoms with Gasteiger partial charge in [-0.3, -0.25) is 4.79 Å². The maximum absolute atomic E-state index is 11.7. The van der Waals surface area contributed by atoms with Gasteiger partial charge in [-0.2, -0.15) is 0 Å². The molecule has 3 N–H and O–H groups in total. The van der Waals surface area contributed by atoms with Crippen LogP contribution in [0.2, 0.25) is 0 Å². The fourth-order valence-corrected chi connectivity index (χ4v) is 1.38. The molecule has 1 rings (SSSR count). The molecule has 0 aliphatic rings. The molecule has 1 aromatic rings. The molecule has 0 aliphatic heterocycles. The van der Waals surface area contributed by atoms with E-state index in [1.807, 2.05) is 0 Å². The van der Waals surface area contributed by atoms with E-state index in [1.54, 1.807) is 24.3 Å². The van der Waals surface area contributed by atoms with E-state index in [-0.39, 0.29) is 25.4 Å². The van der Waals surface area contributed by atoms with Crippen LogP contribution in [0.5, 0.6) is 5.75 Å². The second kappa shape index (κ2) is 8.23. The fourth-order valence-electron chi connectivity index (χ4n) is 1.38. The van der Waals surface area contributed by atoms with E-state index in [9.17, 15) is 4.79 Å². The highest BCUT2D eigenvalue weighted by Crippen LogP contribution is 2.14. The zero-order chi connectivity index (χ0) is 14.1. The number of ketones is 1. The first kappa shape index (κ1) is 15.1. The van der Waals surface area contributed by atoms with E-state index in [0.717, 1.165) is 0 Å². The van der Waals surface area contributed by atoms with Gasteiger partial charge in [0.25, 0.3) is 0 Å². The second-order valence-corrected chi connectivity index (χ2v) is 3.93. The third kappa shape index (κ3) is 5.50. The Kier molecular flexibility index (Phi) is 6.56.